The number of hydrogen-bond donors (Lipinski definition) is 1. The van der Waals surface area contributed by atoms with E-state index in [4.69, 9.17) is 16.9 Å². The van der Waals surface area contributed by atoms with Crippen molar-refractivity contribution in [2.75, 3.05) is 36.4 Å². The predicted octanol–water partition coefficient (Wildman–Crippen LogP) is 2.36. The number of pyridine rings is 2. The summed E-state index contributed by atoms with van der Waals surface area (Å²) in [6.07, 6.45) is 3.23. The number of urea groups is 1. The van der Waals surface area contributed by atoms with Gasteiger partial charge in [0.1, 0.15) is 11.9 Å². The summed E-state index contributed by atoms with van der Waals surface area (Å²) in [7, 11) is 0. The molecule has 1 fully saturated rings. The van der Waals surface area contributed by atoms with Gasteiger partial charge in [-0.2, -0.15) is 5.26 Å². The number of nitriles is 1. The molecule has 7 nitrogen and oxygen atoms in total. The summed E-state index contributed by atoms with van der Waals surface area (Å²) in [5.41, 5.74) is 1.03. The van der Waals surface area contributed by atoms with E-state index in [-0.39, 0.29) is 11.2 Å². The lowest BCUT2D eigenvalue weighted by atomic mass is 10.2. The van der Waals surface area contributed by atoms with Gasteiger partial charge in [-0.15, -0.1) is 0 Å². The van der Waals surface area contributed by atoms with Crippen LogP contribution >= 0.6 is 11.6 Å². The highest BCUT2D eigenvalue weighted by Crippen LogP contribution is 2.20. The van der Waals surface area contributed by atoms with Crippen LogP contribution in [0, 0.1) is 11.3 Å². The number of carbonyl (C=O) groups is 1. The van der Waals surface area contributed by atoms with Gasteiger partial charge in [0.25, 0.3) is 0 Å². The Labute approximate surface area is 144 Å². The lowest BCUT2D eigenvalue weighted by Crippen LogP contribution is -2.50. The lowest BCUT2D eigenvalue weighted by molar-refractivity contribution is 0.208. The van der Waals surface area contributed by atoms with E-state index in [9.17, 15) is 4.79 Å². The zero-order chi connectivity index (χ0) is 16.9. The number of halogens is 1. The SMILES string of the molecule is N#Cc1cccnc1N1CCN(C(=O)Nc2cccnc2Cl)CC1. The molecule has 0 radical (unpaired) electrons. The van der Waals surface area contributed by atoms with Gasteiger partial charge in [-0.05, 0) is 24.3 Å². The van der Waals surface area contributed by atoms with Gasteiger partial charge < -0.3 is 15.1 Å². The molecule has 2 amide bonds. The summed E-state index contributed by atoms with van der Waals surface area (Å²) in [4.78, 5) is 24.3. The van der Waals surface area contributed by atoms with Crippen molar-refractivity contribution in [1.82, 2.24) is 14.9 Å². The zero-order valence-electron chi connectivity index (χ0n) is 12.8. The van der Waals surface area contributed by atoms with Crippen LogP contribution in [0.5, 0.6) is 0 Å². The number of rotatable bonds is 2. The Bertz CT molecular complexity index is 782. The Balaban J connectivity index is 1.62. The zero-order valence-corrected chi connectivity index (χ0v) is 13.6. The van der Waals surface area contributed by atoms with Gasteiger partial charge in [-0.25, -0.2) is 14.8 Å². The van der Waals surface area contributed by atoms with E-state index in [1.54, 1.807) is 41.6 Å². The molecule has 0 aromatic carbocycles. The van der Waals surface area contributed by atoms with Crippen LogP contribution < -0.4 is 10.2 Å². The van der Waals surface area contributed by atoms with Crippen LogP contribution in [0.4, 0.5) is 16.3 Å². The molecule has 0 aliphatic carbocycles. The van der Waals surface area contributed by atoms with Gasteiger partial charge in [0.05, 0.1) is 11.3 Å². The normalized spacial score (nSPS) is 14.2. The predicted molar refractivity (Wildman–Crippen MR) is 91.0 cm³/mol. The van der Waals surface area contributed by atoms with Gasteiger partial charge in [0.15, 0.2) is 5.15 Å². The van der Waals surface area contributed by atoms with E-state index in [0.717, 1.165) is 0 Å². The van der Waals surface area contributed by atoms with Crippen molar-refractivity contribution in [2.24, 2.45) is 0 Å². The van der Waals surface area contributed by atoms with Gasteiger partial charge in [-0.1, -0.05) is 11.6 Å². The molecular weight excluding hydrogens is 328 g/mol. The number of carbonyl (C=O) groups excluding carboxylic acids is 1. The van der Waals surface area contributed by atoms with Gasteiger partial charge in [-0.3, -0.25) is 0 Å². The second-order valence-electron chi connectivity index (χ2n) is 5.23. The second-order valence-corrected chi connectivity index (χ2v) is 5.59. The summed E-state index contributed by atoms with van der Waals surface area (Å²) in [6, 6.07) is 8.83. The van der Waals surface area contributed by atoms with Gasteiger partial charge in [0.2, 0.25) is 0 Å². The molecule has 24 heavy (non-hydrogen) atoms. The molecule has 1 N–H and O–H groups in total. The van der Waals surface area contributed by atoms with E-state index in [1.807, 2.05) is 4.90 Å². The quantitative estimate of drug-likeness (QED) is 0.847. The van der Waals surface area contributed by atoms with Crippen molar-refractivity contribution in [3.8, 4) is 6.07 Å². The molecule has 8 heteroatoms. The topological polar surface area (TPSA) is 85.2 Å². The third-order valence-corrected chi connectivity index (χ3v) is 4.08. The number of anilines is 2. The number of amides is 2. The van der Waals surface area contributed by atoms with E-state index in [1.165, 1.54) is 0 Å². The highest BCUT2D eigenvalue weighted by atomic mass is 35.5. The maximum Gasteiger partial charge on any atom is 0.322 e. The average Bonchev–Trinajstić information content (AvgIpc) is 2.63. The first-order valence-electron chi connectivity index (χ1n) is 7.45. The Hall–Kier alpha value is -2.85. The largest absolute Gasteiger partial charge is 0.352 e. The van der Waals surface area contributed by atoms with Crippen molar-refractivity contribution < 1.29 is 4.79 Å². The summed E-state index contributed by atoms with van der Waals surface area (Å²) in [5.74, 6) is 0.662. The molecule has 0 unspecified atom stereocenters. The molecule has 1 aliphatic rings. The summed E-state index contributed by atoms with van der Waals surface area (Å²) >= 11 is 5.95. The third-order valence-electron chi connectivity index (χ3n) is 3.77. The van der Waals surface area contributed by atoms with E-state index in [2.05, 4.69) is 21.4 Å². The van der Waals surface area contributed by atoms with Crippen molar-refractivity contribution >= 4 is 29.1 Å². The van der Waals surface area contributed by atoms with E-state index in [0.29, 0.717) is 43.2 Å². The molecule has 1 saturated heterocycles. The first-order valence-corrected chi connectivity index (χ1v) is 7.83. The summed E-state index contributed by atoms with van der Waals surface area (Å²) < 4.78 is 0. The number of nitrogens with zero attached hydrogens (tertiary/aromatic N) is 5. The lowest BCUT2D eigenvalue weighted by Gasteiger charge is -2.35. The molecular formula is C16H15ClN6O. The Morgan fingerprint density at radius 3 is 2.58 bits per heavy atom. The molecule has 2 aromatic rings. The van der Waals surface area contributed by atoms with Crippen LogP contribution in [0.1, 0.15) is 5.56 Å². The minimum Gasteiger partial charge on any atom is -0.352 e. The highest BCUT2D eigenvalue weighted by molar-refractivity contribution is 6.32. The maximum absolute atomic E-state index is 12.3. The molecule has 122 valence electrons. The van der Waals surface area contributed by atoms with Crippen LogP contribution in [0.2, 0.25) is 5.15 Å². The second kappa shape index (κ2) is 7.15. The monoisotopic (exact) mass is 342 g/mol. The smallest absolute Gasteiger partial charge is 0.322 e. The number of hydrogen-bond acceptors (Lipinski definition) is 5. The first kappa shape index (κ1) is 16.0. The highest BCUT2D eigenvalue weighted by Gasteiger charge is 2.23. The standard InChI is InChI=1S/C16H15ClN6O/c17-14-13(4-2-5-19-14)21-16(24)23-9-7-22(8-10-23)15-12(11-18)3-1-6-20-15/h1-6H,7-10H2,(H,21,24). The minimum atomic E-state index is -0.217. The number of piperazine rings is 1. The Morgan fingerprint density at radius 2 is 1.88 bits per heavy atom. The van der Waals surface area contributed by atoms with Crippen LogP contribution in [-0.4, -0.2) is 47.1 Å². The number of aromatic nitrogens is 2. The van der Waals surface area contributed by atoms with Gasteiger partial charge in [0, 0.05) is 38.6 Å². The average molecular weight is 343 g/mol. The molecule has 3 heterocycles. The van der Waals surface area contributed by atoms with E-state index < -0.39 is 0 Å². The van der Waals surface area contributed by atoms with Crippen LogP contribution in [0.3, 0.4) is 0 Å². The molecule has 0 bridgehead atoms. The Morgan fingerprint density at radius 1 is 1.17 bits per heavy atom. The number of nitrogens with one attached hydrogen (secondary N) is 1. The fraction of sp³-hybridized carbons (Fsp3) is 0.250. The van der Waals surface area contributed by atoms with Crippen molar-refractivity contribution in [3.05, 3.63) is 47.4 Å². The molecule has 0 atom stereocenters. The molecule has 3 rings (SSSR count). The molecule has 2 aromatic heterocycles. The minimum absolute atomic E-state index is 0.217. The summed E-state index contributed by atoms with van der Waals surface area (Å²) in [6.45, 7) is 2.29. The van der Waals surface area contributed by atoms with Crippen molar-refractivity contribution in [1.29, 1.82) is 5.26 Å². The summed E-state index contributed by atoms with van der Waals surface area (Å²) in [5, 5.41) is 12.2. The fourth-order valence-corrected chi connectivity index (χ4v) is 2.70. The van der Waals surface area contributed by atoms with E-state index >= 15 is 0 Å². The van der Waals surface area contributed by atoms with Gasteiger partial charge >= 0.3 is 6.03 Å². The van der Waals surface area contributed by atoms with Crippen LogP contribution in [-0.2, 0) is 0 Å². The van der Waals surface area contributed by atoms with Crippen LogP contribution in [0.25, 0.3) is 0 Å². The third kappa shape index (κ3) is 3.39. The molecule has 1 aliphatic heterocycles. The first-order chi connectivity index (χ1) is 11.7. The van der Waals surface area contributed by atoms with Crippen LogP contribution in [0.15, 0.2) is 36.7 Å². The fourth-order valence-electron chi connectivity index (χ4n) is 2.53. The molecule has 0 spiro atoms. The Kier molecular flexibility index (Phi) is 4.77. The van der Waals surface area contributed by atoms with Crippen molar-refractivity contribution in [2.45, 2.75) is 0 Å². The molecule has 0 saturated carbocycles. The maximum atomic E-state index is 12.3. The van der Waals surface area contributed by atoms with Crippen molar-refractivity contribution in [3.63, 3.8) is 0 Å².